The van der Waals surface area contributed by atoms with Gasteiger partial charge in [0.05, 0.1) is 6.42 Å². The predicted octanol–water partition coefficient (Wildman–Crippen LogP) is 0.0821. The van der Waals surface area contributed by atoms with Crippen LogP contribution in [0.25, 0.3) is 0 Å². The van der Waals surface area contributed by atoms with Crippen LogP contribution in [0.1, 0.15) is 25.7 Å². The molecule has 1 saturated heterocycles. The van der Waals surface area contributed by atoms with Crippen LogP contribution in [0.2, 0.25) is 0 Å². The summed E-state index contributed by atoms with van der Waals surface area (Å²) in [4.78, 5) is 23.5. The number of nitrogens with zero attached hydrogens (tertiary/aromatic N) is 1. The van der Waals surface area contributed by atoms with E-state index in [0.717, 1.165) is 12.8 Å². The number of aliphatic hydroxyl groups excluding tert-OH is 1. The SMILES string of the molecule is O=C(O)CCC(=O)N1CCC[C@H](CO)C1. The van der Waals surface area contributed by atoms with Crippen LogP contribution in [0.4, 0.5) is 0 Å². The van der Waals surface area contributed by atoms with Crippen molar-refractivity contribution < 1.29 is 19.8 Å². The Bertz CT molecular complexity index is 242. The van der Waals surface area contributed by atoms with Crippen molar-refractivity contribution in [1.82, 2.24) is 4.90 Å². The van der Waals surface area contributed by atoms with E-state index < -0.39 is 5.97 Å². The molecule has 5 nitrogen and oxygen atoms in total. The summed E-state index contributed by atoms with van der Waals surface area (Å²) in [5, 5.41) is 17.4. The van der Waals surface area contributed by atoms with Crippen LogP contribution >= 0.6 is 0 Å². The van der Waals surface area contributed by atoms with Crippen LogP contribution in [-0.2, 0) is 9.59 Å². The monoisotopic (exact) mass is 215 g/mol. The zero-order valence-electron chi connectivity index (χ0n) is 8.69. The summed E-state index contributed by atoms with van der Waals surface area (Å²) in [7, 11) is 0. The van der Waals surface area contributed by atoms with Crippen LogP contribution in [0.3, 0.4) is 0 Å². The van der Waals surface area contributed by atoms with E-state index >= 15 is 0 Å². The van der Waals surface area contributed by atoms with E-state index in [0.29, 0.717) is 13.1 Å². The smallest absolute Gasteiger partial charge is 0.303 e. The molecule has 0 saturated carbocycles. The molecule has 1 atom stereocenters. The molecule has 0 aromatic rings. The van der Waals surface area contributed by atoms with Gasteiger partial charge in [0.1, 0.15) is 0 Å². The average molecular weight is 215 g/mol. The normalized spacial score (nSPS) is 21.4. The van der Waals surface area contributed by atoms with Gasteiger partial charge in [-0.25, -0.2) is 0 Å². The first kappa shape index (κ1) is 12.0. The van der Waals surface area contributed by atoms with E-state index in [-0.39, 0.29) is 31.3 Å². The fourth-order valence-electron chi connectivity index (χ4n) is 1.81. The lowest BCUT2D eigenvalue weighted by Gasteiger charge is -2.31. The second-order valence-electron chi connectivity index (χ2n) is 3.92. The summed E-state index contributed by atoms with van der Waals surface area (Å²) in [6, 6.07) is 0. The Kier molecular flexibility index (Phi) is 4.55. The molecular formula is C10H17NO4. The third-order valence-electron chi connectivity index (χ3n) is 2.68. The maximum atomic E-state index is 11.5. The minimum atomic E-state index is -0.945. The predicted molar refractivity (Wildman–Crippen MR) is 53.3 cm³/mol. The molecule has 0 aromatic heterocycles. The number of rotatable bonds is 4. The van der Waals surface area contributed by atoms with E-state index in [4.69, 9.17) is 10.2 Å². The Hall–Kier alpha value is -1.10. The second kappa shape index (κ2) is 5.70. The molecule has 5 heteroatoms. The summed E-state index contributed by atoms with van der Waals surface area (Å²) >= 11 is 0. The number of carbonyl (C=O) groups excluding carboxylic acids is 1. The number of piperidine rings is 1. The summed E-state index contributed by atoms with van der Waals surface area (Å²) in [5.41, 5.74) is 0. The molecule has 86 valence electrons. The minimum absolute atomic E-state index is 0.0630. The third-order valence-corrected chi connectivity index (χ3v) is 2.68. The van der Waals surface area contributed by atoms with E-state index in [1.54, 1.807) is 4.90 Å². The van der Waals surface area contributed by atoms with Crippen molar-refractivity contribution in [2.45, 2.75) is 25.7 Å². The van der Waals surface area contributed by atoms with Gasteiger partial charge in [0.2, 0.25) is 5.91 Å². The Balaban J connectivity index is 2.35. The van der Waals surface area contributed by atoms with E-state index in [2.05, 4.69) is 0 Å². The molecule has 1 fully saturated rings. The summed E-state index contributed by atoms with van der Waals surface area (Å²) in [6.45, 7) is 1.35. The molecule has 1 rings (SSSR count). The fraction of sp³-hybridized carbons (Fsp3) is 0.800. The van der Waals surface area contributed by atoms with E-state index in [9.17, 15) is 9.59 Å². The number of amides is 1. The molecule has 1 aliphatic rings. The Morgan fingerprint density at radius 3 is 2.67 bits per heavy atom. The highest BCUT2D eigenvalue weighted by Gasteiger charge is 2.22. The number of carbonyl (C=O) groups is 2. The number of aliphatic carboxylic acids is 1. The fourth-order valence-corrected chi connectivity index (χ4v) is 1.81. The van der Waals surface area contributed by atoms with Crippen LogP contribution in [0.5, 0.6) is 0 Å². The number of hydrogen-bond donors (Lipinski definition) is 2. The lowest BCUT2D eigenvalue weighted by atomic mass is 9.99. The maximum Gasteiger partial charge on any atom is 0.303 e. The Morgan fingerprint density at radius 2 is 2.07 bits per heavy atom. The van der Waals surface area contributed by atoms with E-state index in [1.807, 2.05) is 0 Å². The topological polar surface area (TPSA) is 77.8 Å². The summed E-state index contributed by atoms with van der Waals surface area (Å²) in [6.07, 6.45) is 1.79. The number of carboxylic acids is 1. The van der Waals surface area contributed by atoms with Crippen LogP contribution in [0, 0.1) is 5.92 Å². The van der Waals surface area contributed by atoms with Gasteiger partial charge >= 0.3 is 5.97 Å². The molecule has 0 radical (unpaired) electrons. The minimum Gasteiger partial charge on any atom is -0.481 e. The number of aliphatic hydroxyl groups is 1. The standard InChI is InChI=1S/C10H17NO4/c12-7-8-2-1-5-11(6-8)9(13)3-4-10(14)15/h8,12H,1-7H2,(H,14,15)/t8-/m0/s1. The van der Waals surface area contributed by atoms with Crippen molar-refractivity contribution in [3.63, 3.8) is 0 Å². The lowest BCUT2D eigenvalue weighted by molar-refractivity contribution is -0.141. The van der Waals surface area contributed by atoms with E-state index in [1.165, 1.54) is 0 Å². The number of carboxylic acid groups (broad SMARTS) is 1. The van der Waals surface area contributed by atoms with Crippen LogP contribution in [-0.4, -0.2) is 46.7 Å². The summed E-state index contributed by atoms with van der Waals surface area (Å²) in [5.74, 6) is -0.901. The quantitative estimate of drug-likeness (QED) is 0.696. The first-order chi connectivity index (χ1) is 7.13. The van der Waals surface area contributed by atoms with Crippen molar-refractivity contribution in [3.8, 4) is 0 Å². The van der Waals surface area contributed by atoms with Crippen molar-refractivity contribution in [2.75, 3.05) is 19.7 Å². The highest BCUT2D eigenvalue weighted by molar-refractivity contribution is 5.80. The van der Waals surface area contributed by atoms with Crippen molar-refractivity contribution in [2.24, 2.45) is 5.92 Å². The molecule has 0 bridgehead atoms. The van der Waals surface area contributed by atoms with Gasteiger partial charge in [-0.1, -0.05) is 0 Å². The number of likely N-dealkylation sites (tertiary alicyclic amines) is 1. The molecule has 15 heavy (non-hydrogen) atoms. The lowest BCUT2D eigenvalue weighted by Crippen LogP contribution is -2.41. The van der Waals surface area contributed by atoms with Crippen molar-refractivity contribution in [3.05, 3.63) is 0 Å². The van der Waals surface area contributed by atoms with Gasteiger partial charge in [-0.15, -0.1) is 0 Å². The van der Waals surface area contributed by atoms with Gasteiger partial charge < -0.3 is 15.1 Å². The van der Waals surface area contributed by atoms with Gasteiger partial charge in [-0.2, -0.15) is 0 Å². The zero-order valence-corrected chi connectivity index (χ0v) is 8.69. The highest BCUT2D eigenvalue weighted by Crippen LogP contribution is 2.16. The van der Waals surface area contributed by atoms with Gasteiger partial charge in [0.25, 0.3) is 0 Å². The average Bonchev–Trinajstić information content (AvgIpc) is 2.26. The molecule has 0 aromatic carbocycles. The largest absolute Gasteiger partial charge is 0.481 e. The summed E-state index contributed by atoms with van der Waals surface area (Å²) < 4.78 is 0. The van der Waals surface area contributed by atoms with Crippen LogP contribution < -0.4 is 0 Å². The molecule has 2 N–H and O–H groups in total. The van der Waals surface area contributed by atoms with Crippen molar-refractivity contribution in [1.29, 1.82) is 0 Å². The van der Waals surface area contributed by atoms with Gasteiger partial charge in [0.15, 0.2) is 0 Å². The molecule has 0 spiro atoms. The van der Waals surface area contributed by atoms with Crippen molar-refractivity contribution >= 4 is 11.9 Å². The molecule has 0 unspecified atom stereocenters. The maximum absolute atomic E-state index is 11.5. The molecule has 1 aliphatic heterocycles. The molecule has 0 aliphatic carbocycles. The second-order valence-corrected chi connectivity index (χ2v) is 3.92. The van der Waals surface area contributed by atoms with Gasteiger partial charge in [-0.3, -0.25) is 9.59 Å². The third kappa shape index (κ3) is 3.87. The first-order valence-electron chi connectivity index (χ1n) is 5.24. The Labute approximate surface area is 88.7 Å². The van der Waals surface area contributed by atoms with Crippen LogP contribution in [0.15, 0.2) is 0 Å². The number of hydrogen-bond acceptors (Lipinski definition) is 3. The zero-order chi connectivity index (χ0) is 11.3. The molecule has 1 heterocycles. The van der Waals surface area contributed by atoms with Gasteiger partial charge in [-0.05, 0) is 18.8 Å². The highest BCUT2D eigenvalue weighted by atomic mass is 16.4. The Morgan fingerprint density at radius 1 is 1.33 bits per heavy atom. The first-order valence-corrected chi connectivity index (χ1v) is 5.24. The van der Waals surface area contributed by atoms with Gasteiger partial charge in [0, 0.05) is 26.1 Å². The molecule has 1 amide bonds. The molecular weight excluding hydrogens is 198 g/mol.